The predicted molar refractivity (Wildman–Crippen MR) is 81.8 cm³/mol. The number of carbonyl (C=O) groups is 1. The standard InChI is InChI=1S/C17H23FN2O2/c18-14-6-4-13(5-7-14)16(12-2-1-3-12)19-17(22)20(10-11-21)15-8-9-15/h4-7,12,15-16,21H,1-3,8-11H2,(H,19,22)/t16-/m0/s1. The van der Waals surface area contributed by atoms with Crippen molar-refractivity contribution in [3.63, 3.8) is 0 Å². The van der Waals surface area contributed by atoms with Crippen molar-refractivity contribution in [1.29, 1.82) is 0 Å². The number of hydrogen-bond donors (Lipinski definition) is 2. The van der Waals surface area contributed by atoms with Gasteiger partial charge in [-0.3, -0.25) is 0 Å². The van der Waals surface area contributed by atoms with Gasteiger partial charge in [-0.15, -0.1) is 0 Å². The first kappa shape index (κ1) is 15.3. The Morgan fingerprint density at radius 3 is 2.45 bits per heavy atom. The molecule has 0 bridgehead atoms. The Hall–Kier alpha value is -1.62. The number of hydrogen-bond acceptors (Lipinski definition) is 2. The number of halogens is 1. The van der Waals surface area contributed by atoms with Gasteiger partial charge in [0.25, 0.3) is 0 Å². The van der Waals surface area contributed by atoms with Crippen LogP contribution in [-0.4, -0.2) is 35.2 Å². The maximum atomic E-state index is 13.1. The quantitative estimate of drug-likeness (QED) is 0.849. The van der Waals surface area contributed by atoms with E-state index in [9.17, 15) is 9.18 Å². The summed E-state index contributed by atoms with van der Waals surface area (Å²) in [5.41, 5.74) is 0.958. The molecule has 0 aliphatic heterocycles. The average Bonchev–Trinajstić information content (AvgIpc) is 3.27. The Labute approximate surface area is 130 Å². The van der Waals surface area contributed by atoms with E-state index in [-0.39, 0.29) is 30.5 Å². The molecule has 120 valence electrons. The third kappa shape index (κ3) is 3.40. The molecule has 0 saturated heterocycles. The van der Waals surface area contributed by atoms with E-state index in [1.165, 1.54) is 18.6 Å². The molecule has 22 heavy (non-hydrogen) atoms. The van der Waals surface area contributed by atoms with Gasteiger partial charge in [0.05, 0.1) is 12.6 Å². The summed E-state index contributed by atoms with van der Waals surface area (Å²) in [6.07, 6.45) is 5.38. The summed E-state index contributed by atoms with van der Waals surface area (Å²) in [5.74, 6) is 0.159. The summed E-state index contributed by atoms with van der Waals surface area (Å²) in [7, 11) is 0. The van der Waals surface area contributed by atoms with Crippen molar-refractivity contribution in [3.05, 3.63) is 35.6 Å². The van der Waals surface area contributed by atoms with Crippen molar-refractivity contribution < 1.29 is 14.3 Å². The predicted octanol–water partition coefficient (Wildman–Crippen LogP) is 2.83. The molecule has 4 nitrogen and oxygen atoms in total. The number of aliphatic hydroxyl groups excluding tert-OH is 1. The summed E-state index contributed by atoms with van der Waals surface area (Å²) < 4.78 is 13.1. The smallest absolute Gasteiger partial charge is 0.318 e. The van der Waals surface area contributed by atoms with Crippen molar-refractivity contribution in [3.8, 4) is 0 Å². The Bertz CT molecular complexity index is 512. The molecule has 2 amide bonds. The molecule has 0 unspecified atom stereocenters. The van der Waals surface area contributed by atoms with E-state index in [0.29, 0.717) is 12.5 Å². The highest BCUT2D eigenvalue weighted by Crippen LogP contribution is 2.38. The van der Waals surface area contributed by atoms with E-state index in [1.807, 2.05) is 0 Å². The third-order valence-electron chi connectivity index (χ3n) is 4.72. The molecule has 1 atom stereocenters. The molecule has 2 saturated carbocycles. The molecule has 2 aliphatic rings. The van der Waals surface area contributed by atoms with Crippen molar-refractivity contribution in [1.82, 2.24) is 10.2 Å². The molecule has 2 N–H and O–H groups in total. The van der Waals surface area contributed by atoms with Gasteiger partial charge in [0, 0.05) is 12.6 Å². The van der Waals surface area contributed by atoms with Crippen LogP contribution in [0, 0.1) is 11.7 Å². The lowest BCUT2D eigenvalue weighted by atomic mass is 9.77. The molecular weight excluding hydrogens is 283 g/mol. The van der Waals surface area contributed by atoms with Crippen LogP contribution in [0.3, 0.4) is 0 Å². The second kappa shape index (κ2) is 6.65. The van der Waals surface area contributed by atoms with Gasteiger partial charge in [-0.25, -0.2) is 9.18 Å². The fourth-order valence-corrected chi connectivity index (χ4v) is 3.08. The Kier molecular flexibility index (Phi) is 4.62. The van der Waals surface area contributed by atoms with Gasteiger partial charge in [-0.2, -0.15) is 0 Å². The van der Waals surface area contributed by atoms with Gasteiger partial charge in [-0.05, 0) is 49.3 Å². The number of aliphatic hydroxyl groups is 1. The summed E-state index contributed by atoms with van der Waals surface area (Å²) >= 11 is 0. The van der Waals surface area contributed by atoms with E-state index < -0.39 is 0 Å². The number of amides is 2. The monoisotopic (exact) mass is 306 g/mol. The van der Waals surface area contributed by atoms with Gasteiger partial charge < -0.3 is 15.3 Å². The molecule has 0 spiro atoms. The number of benzene rings is 1. The lowest BCUT2D eigenvalue weighted by Crippen LogP contribution is -2.46. The Balaban J connectivity index is 1.71. The van der Waals surface area contributed by atoms with Gasteiger partial charge in [0.2, 0.25) is 0 Å². The zero-order valence-corrected chi connectivity index (χ0v) is 12.7. The first-order valence-corrected chi connectivity index (χ1v) is 8.12. The van der Waals surface area contributed by atoms with Crippen LogP contribution in [0.4, 0.5) is 9.18 Å². The van der Waals surface area contributed by atoms with Crippen LogP contribution in [0.2, 0.25) is 0 Å². The highest BCUT2D eigenvalue weighted by molar-refractivity contribution is 5.75. The molecule has 0 aromatic heterocycles. The molecule has 2 fully saturated rings. The molecule has 3 rings (SSSR count). The first-order chi connectivity index (χ1) is 10.7. The maximum absolute atomic E-state index is 13.1. The van der Waals surface area contributed by atoms with Crippen LogP contribution in [0.15, 0.2) is 24.3 Å². The van der Waals surface area contributed by atoms with Crippen LogP contribution in [0.5, 0.6) is 0 Å². The highest BCUT2D eigenvalue weighted by atomic mass is 19.1. The topological polar surface area (TPSA) is 52.6 Å². The zero-order chi connectivity index (χ0) is 15.5. The third-order valence-corrected chi connectivity index (χ3v) is 4.72. The molecule has 0 heterocycles. The van der Waals surface area contributed by atoms with E-state index in [1.54, 1.807) is 17.0 Å². The Morgan fingerprint density at radius 2 is 1.95 bits per heavy atom. The fraction of sp³-hybridized carbons (Fsp3) is 0.588. The molecule has 2 aliphatic carbocycles. The number of nitrogens with one attached hydrogen (secondary N) is 1. The van der Waals surface area contributed by atoms with E-state index in [0.717, 1.165) is 31.2 Å². The number of nitrogens with zero attached hydrogens (tertiary/aromatic N) is 1. The molecule has 1 aromatic carbocycles. The highest BCUT2D eigenvalue weighted by Gasteiger charge is 2.35. The molecule has 1 aromatic rings. The molecule has 5 heteroatoms. The SMILES string of the molecule is O=C(N[C@H](c1ccc(F)cc1)C1CCC1)N(CCO)C1CC1. The second-order valence-electron chi connectivity index (χ2n) is 6.32. The van der Waals surface area contributed by atoms with Crippen molar-refractivity contribution in [2.45, 2.75) is 44.2 Å². The van der Waals surface area contributed by atoms with Crippen LogP contribution >= 0.6 is 0 Å². The van der Waals surface area contributed by atoms with Crippen molar-refractivity contribution in [2.24, 2.45) is 5.92 Å². The van der Waals surface area contributed by atoms with E-state index >= 15 is 0 Å². The lowest BCUT2D eigenvalue weighted by molar-refractivity contribution is 0.158. The average molecular weight is 306 g/mol. The second-order valence-corrected chi connectivity index (χ2v) is 6.32. The lowest BCUT2D eigenvalue weighted by Gasteiger charge is -2.36. The number of urea groups is 1. The molecular formula is C17H23FN2O2. The van der Waals surface area contributed by atoms with Crippen LogP contribution in [0.1, 0.15) is 43.7 Å². The Morgan fingerprint density at radius 1 is 1.27 bits per heavy atom. The zero-order valence-electron chi connectivity index (χ0n) is 12.7. The first-order valence-electron chi connectivity index (χ1n) is 8.12. The van der Waals surface area contributed by atoms with Gasteiger partial charge in [0.1, 0.15) is 5.82 Å². The summed E-state index contributed by atoms with van der Waals surface area (Å²) in [6, 6.07) is 6.49. The summed E-state index contributed by atoms with van der Waals surface area (Å²) in [6.45, 7) is 0.353. The van der Waals surface area contributed by atoms with Crippen molar-refractivity contribution in [2.75, 3.05) is 13.2 Å². The largest absolute Gasteiger partial charge is 0.395 e. The van der Waals surface area contributed by atoms with E-state index in [4.69, 9.17) is 5.11 Å². The normalized spacial score (nSPS) is 19.4. The molecule has 0 radical (unpaired) electrons. The number of rotatable bonds is 6. The summed E-state index contributed by atoms with van der Waals surface area (Å²) in [4.78, 5) is 14.3. The van der Waals surface area contributed by atoms with Gasteiger partial charge >= 0.3 is 6.03 Å². The number of carbonyl (C=O) groups excluding carboxylic acids is 1. The minimum Gasteiger partial charge on any atom is -0.395 e. The van der Waals surface area contributed by atoms with Crippen LogP contribution in [-0.2, 0) is 0 Å². The van der Waals surface area contributed by atoms with E-state index in [2.05, 4.69) is 5.32 Å². The summed E-state index contributed by atoms with van der Waals surface area (Å²) in [5, 5.41) is 12.3. The fourth-order valence-electron chi connectivity index (χ4n) is 3.08. The van der Waals surface area contributed by atoms with Crippen LogP contribution in [0.25, 0.3) is 0 Å². The van der Waals surface area contributed by atoms with Gasteiger partial charge in [-0.1, -0.05) is 18.6 Å². The van der Waals surface area contributed by atoms with Crippen LogP contribution < -0.4 is 5.32 Å². The minimum atomic E-state index is -0.262. The minimum absolute atomic E-state index is 0.0193. The van der Waals surface area contributed by atoms with Crippen molar-refractivity contribution >= 4 is 6.03 Å². The maximum Gasteiger partial charge on any atom is 0.318 e. The van der Waals surface area contributed by atoms with Gasteiger partial charge in [0.15, 0.2) is 0 Å².